The zero-order chi connectivity index (χ0) is 20.4. The van der Waals surface area contributed by atoms with Crippen LogP contribution in [0.3, 0.4) is 0 Å². The molecule has 6 heteroatoms. The van der Waals surface area contributed by atoms with Crippen LogP contribution in [0.4, 0.5) is 5.69 Å². The van der Waals surface area contributed by atoms with Gasteiger partial charge >= 0.3 is 0 Å². The molecule has 1 fully saturated rings. The maximum absolute atomic E-state index is 13.1. The molecule has 0 saturated carbocycles. The van der Waals surface area contributed by atoms with Crippen LogP contribution in [0.1, 0.15) is 24.0 Å². The predicted molar refractivity (Wildman–Crippen MR) is 116 cm³/mol. The average Bonchev–Trinajstić information content (AvgIpc) is 2.75. The quantitative estimate of drug-likeness (QED) is 0.669. The van der Waals surface area contributed by atoms with E-state index in [9.17, 15) is 13.5 Å². The molecule has 1 heterocycles. The van der Waals surface area contributed by atoms with Gasteiger partial charge in [0.2, 0.25) is 10.0 Å². The molecule has 0 atom stereocenters. The summed E-state index contributed by atoms with van der Waals surface area (Å²) in [7, 11) is -3.50. The number of rotatable bonds is 5. The summed E-state index contributed by atoms with van der Waals surface area (Å²) in [6.45, 7) is 2.94. The lowest BCUT2D eigenvalue weighted by atomic mass is 10.0. The molecule has 2 N–H and O–H groups in total. The molecule has 0 spiro atoms. The molecule has 3 aromatic carbocycles. The molecule has 5 nitrogen and oxygen atoms in total. The third-order valence-electron chi connectivity index (χ3n) is 5.60. The SMILES string of the molecule is Cc1ccc(NC2CCN(S(=O)(=O)c3ccc4ccccc4c3)CC2)c(CO)c1. The largest absolute Gasteiger partial charge is 0.392 e. The zero-order valence-corrected chi connectivity index (χ0v) is 17.3. The van der Waals surface area contributed by atoms with E-state index in [0.717, 1.165) is 40.4 Å². The Bertz CT molecular complexity index is 1120. The Labute approximate surface area is 172 Å². The fourth-order valence-electron chi connectivity index (χ4n) is 3.93. The first-order valence-corrected chi connectivity index (χ1v) is 11.4. The number of anilines is 1. The van der Waals surface area contributed by atoms with Gasteiger partial charge in [0.25, 0.3) is 0 Å². The number of sulfonamides is 1. The summed E-state index contributed by atoms with van der Waals surface area (Å²) in [5.41, 5.74) is 2.90. The van der Waals surface area contributed by atoms with Gasteiger partial charge in [-0.1, -0.05) is 48.0 Å². The molecule has 0 aromatic heterocycles. The van der Waals surface area contributed by atoms with Crippen molar-refractivity contribution >= 4 is 26.5 Å². The Balaban J connectivity index is 1.45. The van der Waals surface area contributed by atoms with Crippen LogP contribution >= 0.6 is 0 Å². The van der Waals surface area contributed by atoms with E-state index < -0.39 is 10.0 Å². The second-order valence-corrected chi connectivity index (χ2v) is 9.59. The average molecular weight is 411 g/mol. The fraction of sp³-hybridized carbons (Fsp3) is 0.304. The summed E-state index contributed by atoms with van der Waals surface area (Å²) >= 11 is 0. The number of benzene rings is 3. The van der Waals surface area contributed by atoms with E-state index in [-0.39, 0.29) is 12.6 Å². The van der Waals surface area contributed by atoms with Crippen LogP contribution in [-0.2, 0) is 16.6 Å². The minimum absolute atomic E-state index is 0.0147. The topological polar surface area (TPSA) is 69.6 Å². The van der Waals surface area contributed by atoms with Crippen molar-refractivity contribution in [2.45, 2.75) is 37.3 Å². The van der Waals surface area contributed by atoms with Gasteiger partial charge < -0.3 is 10.4 Å². The third-order valence-corrected chi connectivity index (χ3v) is 7.50. The minimum atomic E-state index is -3.50. The number of hydrogen-bond donors (Lipinski definition) is 2. The minimum Gasteiger partial charge on any atom is -0.392 e. The molecule has 1 saturated heterocycles. The molecular weight excluding hydrogens is 384 g/mol. The van der Waals surface area contributed by atoms with Crippen LogP contribution in [0.15, 0.2) is 65.6 Å². The van der Waals surface area contributed by atoms with E-state index in [2.05, 4.69) is 5.32 Å². The highest BCUT2D eigenvalue weighted by Gasteiger charge is 2.29. The maximum Gasteiger partial charge on any atom is 0.243 e. The van der Waals surface area contributed by atoms with Gasteiger partial charge in [-0.2, -0.15) is 4.31 Å². The van der Waals surface area contributed by atoms with Gasteiger partial charge in [-0.25, -0.2) is 8.42 Å². The number of aryl methyl sites for hydroxylation is 1. The first kappa shape index (κ1) is 19.9. The van der Waals surface area contributed by atoms with Gasteiger partial charge in [-0.3, -0.25) is 0 Å². The standard InChI is InChI=1S/C23H26N2O3S/c1-17-6-9-23(20(14-17)16-26)24-21-10-12-25(13-11-21)29(27,28)22-8-7-18-4-2-3-5-19(18)15-22/h2-9,14-15,21,24,26H,10-13,16H2,1H3. The molecule has 0 bridgehead atoms. The second kappa shape index (κ2) is 8.14. The molecule has 3 aromatic rings. The molecule has 0 aliphatic carbocycles. The number of nitrogens with one attached hydrogen (secondary N) is 1. The van der Waals surface area contributed by atoms with Crippen LogP contribution in [0, 0.1) is 6.92 Å². The van der Waals surface area contributed by atoms with Crippen molar-refractivity contribution in [3.05, 3.63) is 71.8 Å². The summed E-state index contributed by atoms with van der Waals surface area (Å²) in [6, 6.07) is 19.3. The molecular formula is C23H26N2O3S. The highest BCUT2D eigenvalue weighted by molar-refractivity contribution is 7.89. The summed E-state index contributed by atoms with van der Waals surface area (Å²) in [5, 5.41) is 15.0. The van der Waals surface area contributed by atoms with Gasteiger partial charge in [-0.15, -0.1) is 0 Å². The lowest BCUT2D eigenvalue weighted by molar-refractivity contribution is 0.282. The highest BCUT2D eigenvalue weighted by Crippen LogP contribution is 2.26. The summed E-state index contributed by atoms with van der Waals surface area (Å²) in [4.78, 5) is 0.351. The van der Waals surface area contributed by atoms with Crippen LogP contribution < -0.4 is 5.32 Å². The highest BCUT2D eigenvalue weighted by atomic mass is 32.2. The van der Waals surface area contributed by atoms with Gasteiger partial charge in [-0.05, 0) is 48.7 Å². The Morgan fingerprint density at radius 2 is 1.72 bits per heavy atom. The normalized spacial score (nSPS) is 16.2. The molecule has 4 rings (SSSR count). The number of piperidine rings is 1. The fourth-order valence-corrected chi connectivity index (χ4v) is 5.44. The summed E-state index contributed by atoms with van der Waals surface area (Å²) in [6.07, 6.45) is 1.46. The number of hydrogen-bond acceptors (Lipinski definition) is 4. The van der Waals surface area contributed by atoms with E-state index in [1.807, 2.05) is 55.5 Å². The van der Waals surface area contributed by atoms with Crippen LogP contribution in [0.2, 0.25) is 0 Å². The number of aliphatic hydroxyl groups excluding tert-OH is 1. The van der Waals surface area contributed by atoms with Gasteiger partial charge in [0.05, 0.1) is 11.5 Å². The van der Waals surface area contributed by atoms with Crippen molar-refractivity contribution in [3.63, 3.8) is 0 Å². The number of fused-ring (bicyclic) bond motifs is 1. The molecule has 0 radical (unpaired) electrons. The molecule has 1 aliphatic heterocycles. The van der Waals surface area contributed by atoms with E-state index in [1.54, 1.807) is 16.4 Å². The van der Waals surface area contributed by atoms with Crippen LogP contribution in [-0.4, -0.2) is 37.0 Å². The van der Waals surface area contributed by atoms with Crippen molar-refractivity contribution in [2.75, 3.05) is 18.4 Å². The van der Waals surface area contributed by atoms with Crippen LogP contribution in [0.25, 0.3) is 10.8 Å². The molecule has 0 amide bonds. The molecule has 0 unspecified atom stereocenters. The van der Waals surface area contributed by atoms with Gasteiger partial charge in [0.1, 0.15) is 0 Å². The van der Waals surface area contributed by atoms with Crippen molar-refractivity contribution in [2.24, 2.45) is 0 Å². The Morgan fingerprint density at radius 1 is 1.00 bits per heavy atom. The van der Waals surface area contributed by atoms with Gasteiger partial charge in [0, 0.05) is 30.4 Å². The predicted octanol–water partition coefficient (Wildman–Crippen LogP) is 3.91. The lowest BCUT2D eigenvalue weighted by Gasteiger charge is -2.32. The first-order valence-electron chi connectivity index (χ1n) is 9.93. The molecule has 152 valence electrons. The summed E-state index contributed by atoms with van der Waals surface area (Å²) < 4.78 is 27.8. The monoisotopic (exact) mass is 410 g/mol. The van der Waals surface area contributed by atoms with Crippen molar-refractivity contribution < 1.29 is 13.5 Å². The second-order valence-electron chi connectivity index (χ2n) is 7.65. The number of nitrogens with zero attached hydrogens (tertiary/aromatic N) is 1. The van der Waals surface area contributed by atoms with E-state index >= 15 is 0 Å². The smallest absolute Gasteiger partial charge is 0.243 e. The molecule has 1 aliphatic rings. The van der Waals surface area contributed by atoms with Crippen molar-refractivity contribution in [1.82, 2.24) is 4.31 Å². The Hall–Kier alpha value is -2.41. The molecule has 29 heavy (non-hydrogen) atoms. The maximum atomic E-state index is 13.1. The van der Waals surface area contributed by atoms with E-state index in [4.69, 9.17) is 0 Å². The van der Waals surface area contributed by atoms with Crippen molar-refractivity contribution in [1.29, 1.82) is 0 Å². The third kappa shape index (κ3) is 4.15. The Morgan fingerprint density at radius 3 is 2.45 bits per heavy atom. The number of aliphatic hydroxyl groups is 1. The van der Waals surface area contributed by atoms with E-state index in [1.165, 1.54) is 0 Å². The summed E-state index contributed by atoms with van der Waals surface area (Å²) in [5.74, 6) is 0. The van der Waals surface area contributed by atoms with Crippen LogP contribution in [0.5, 0.6) is 0 Å². The first-order chi connectivity index (χ1) is 14.0. The zero-order valence-electron chi connectivity index (χ0n) is 16.5. The van der Waals surface area contributed by atoms with Gasteiger partial charge in [0.15, 0.2) is 0 Å². The van der Waals surface area contributed by atoms with E-state index in [0.29, 0.717) is 18.0 Å². The lowest BCUT2D eigenvalue weighted by Crippen LogP contribution is -2.42. The Kier molecular flexibility index (Phi) is 5.58. The van der Waals surface area contributed by atoms with Crippen molar-refractivity contribution in [3.8, 4) is 0 Å².